The number of rotatable bonds is 4. The van der Waals surface area contributed by atoms with E-state index in [0.717, 1.165) is 5.56 Å². The molecule has 0 radical (unpaired) electrons. The molecule has 1 aromatic carbocycles. The summed E-state index contributed by atoms with van der Waals surface area (Å²) >= 11 is 0. The summed E-state index contributed by atoms with van der Waals surface area (Å²) in [6.45, 7) is 3.91. The summed E-state index contributed by atoms with van der Waals surface area (Å²) in [5.74, 6) is -1.75. The second-order valence-electron chi connectivity index (χ2n) is 6.41. The van der Waals surface area contributed by atoms with Crippen LogP contribution in [0.15, 0.2) is 24.3 Å². The van der Waals surface area contributed by atoms with Gasteiger partial charge < -0.3 is 26.4 Å². The molecule has 3 amide bonds. The summed E-state index contributed by atoms with van der Waals surface area (Å²) in [4.78, 5) is 38.7. The van der Waals surface area contributed by atoms with Gasteiger partial charge >= 0.3 is 6.09 Å². The first-order chi connectivity index (χ1) is 11.7. The molecule has 8 nitrogen and oxygen atoms in total. The van der Waals surface area contributed by atoms with Crippen molar-refractivity contribution in [3.05, 3.63) is 35.4 Å². The number of hydrogen-bond acceptors (Lipinski definition) is 4. The maximum Gasteiger partial charge on any atom is 0.407 e. The topological polar surface area (TPSA) is 130 Å². The van der Waals surface area contributed by atoms with Gasteiger partial charge in [0.15, 0.2) is 0 Å². The van der Waals surface area contributed by atoms with Gasteiger partial charge in [-0.1, -0.05) is 29.8 Å². The standard InChI is InChI=1S/C17H24N4O4/c1-10-3-5-12(6-4-10)14(15(19)22)13-9-20(16(23)11(2)18)7-8-21(13)17(24)25/h3-6,11,13-14H,7-9,18H2,1-2H3,(H2,19,22)(H,24,25). The van der Waals surface area contributed by atoms with Crippen molar-refractivity contribution >= 4 is 17.9 Å². The van der Waals surface area contributed by atoms with Crippen LogP contribution >= 0.6 is 0 Å². The van der Waals surface area contributed by atoms with Crippen LogP contribution < -0.4 is 11.5 Å². The second-order valence-corrected chi connectivity index (χ2v) is 6.41. The normalized spacial score (nSPS) is 20.0. The van der Waals surface area contributed by atoms with Crippen LogP contribution in [0.4, 0.5) is 4.79 Å². The Hall–Kier alpha value is -2.61. The number of amides is 3. The maximum atomic E-state index is 12.2. The molecule has 1 aliphatic heterocycles. The Morgan fingerprint density at radius 1 is 1.20 bits per heavy atom. The van der Waals surface area contributed by atoms with E-state index in [1.807, 2.05) is 19.1 Å². The van der Waals surface area contributed by atoms with E-state index >= 15 is 0 Å². The van der Waals surface area contributed by atoms with E-state index in [0.29, 0.717) is 5.56 Å². The van der Waals surface area contributed by atoms with E-state index in [4.69, 9.17) is 11.5 Å². The van der Waals surface area contributed by atoms with Gasteiger partial charge in [-0.05, 0) is 19.4 Å². The zero-order valence-electron chi connectivity index (χ0n) is 14.4. The zero-order chi connectivity index (χ0) is 18.7. The third-order valence-electron chi connectivity index (χ3n) is 4.49. The number of carboxylic acid groups (broad SMARTS) is 1. The summed E-state index contributed by atoms with van der Waals surface area (Å²) in [6, 6.07) is 5.75. The highest BCUT2D eigenvalue weighted by atomic mass is 16.4. The summed E-state index contributed by atoms with van der Waals surface area (Å²) < 4.78 is 0. The van der Waals surface area contributed by atoms with Crippen molar-refractivity contribution in [3.8, 4) is 0 Å². The second kappa shape index (κ2) is 7.52. The number of nitrogens with zero attached hydrogens (tertiary/aromatic N) is 2. The van der Waals surface area contributed by atoms with Crippen molar-refractivity contribution in [3.63, 3.8) is 0 Å². The Labute approximate surface area is 146 Å². The summed E-state index contributed by atoms with van der Waals surface area (Å²) in [6.07, 6.45) is -1.14. The lowest BCUT2D eigenvalue weighted by molar-refractivity contribution is -0.136. The molecule has 1 aliphatic rings. The van der Waals surface area contributed by atoms with Crippen molar-refractivity contribution in [1.29, 1.82) is 0 Å². The first kappa shape index (κ1) is 18.7. The number of nitrogens with two attached hydrogens (primary N) is 2. The molecule has 136 valence electrons. The van der Waals surface area contributed by atoms with Gasteiger partial charge in [-0.15, -0.1) is 0 Å². The number of primary amides is 1. The van der Waals surface area contributed by atoms with Crippen LogP contribution in [0.3, 0.4) is 0 Å². The minimum Gasteiger partial charge on any atom is -0.465 e. The van der Waals surface area contributed by atoms with Crippen LogP contribution in [0, 0.1) is 6.92 Å². The third-order valence-corrected chi connectivity index (χ3v) is 4.49. The average Bonchev–Trinajstić information content (AvgIpc) is 2.55. The molecular formula is C17H24N4O4. The Morgan fingerprint density at radius 3 is 2.28 bits per heavy atom. The molecule has 1 aromatic rings. The molecular weight excluding hydrogens is 324 g/mol. The SMILES string of the molecule is Cc1ccc(C(C(N)=O)C2CN(C(=O)C(C)N)CCN2C(=O)O)cc1. The number of piperazine rings is 1. The summed E-state index contributed by atoms with van der Waals surface area (Å²) in [5, 5.41) is 9.51. The largest absolute Gasteiger partial charge is 0.465 e. The van der Waals surface area contributed by atoms with E-state index in [2.05, 4.69) is 0 Å². The zero-order valence-corrected chi connectivity index (χ0v) is 14.4. The monoisotopic (exact) mass is 348 g/mol. The lowest BCUT2D eigenvalue weighted by Crippen LogP contribution is -2.61. The molecule has 0 spiro atoms. The van der Waals surface area contributed by atoms with E-state index in [9.17, 15) is 19.5 Å². The van der Waals surface area contributed by atoms with Gasteiger partial charge in [0.1, 0.15) is 0 Å². The number of hydrogen-bond donors (Lipinski definition) is 3. The van der Waals surface area contributed by atoms with Crippen molar-refractivity contribution < 1.29 is 19.5 Å². The van der Waals surface area contributed by atoms with Crippen LogP contribution in [-0.2, 0) is 9.59 Å². The molecule has 0 aromatic heterocycles. The van der Waals surface area contributed by atoms with Gasteiger partial charge in [-0.25, -0.2) is 4.79 Å². The molecule has 0 aliphatic carbocycles. The molecule has 25 heavy (non-hydrogen) atoms. The first-order valence-corrected chi connectivity index (χ1v) is 8.12. The molecule has 2 rings (SSSR count). The van der Waals surface area contributed by atoms with Crippen LogP contribution in [-0.4, -0.2) is 64.5 Å². The molecule has 0 saturated carbocycles. The molecule has 0 bridgehead atoms. The lowest BCUT2D eigenvalue weighted by atomic mass is 9.87. The quantitative estimate of drug-likeness (QED) is 0.710. The predicted octanol–water partition coefficient (Wildman–Crippen LogP) is 0.102. The minimum absolute atomic E-state index is 0.0775. The van der Waals surface area contributed by atoms with Gasteiger partial charge in [-0.2, -0.15) is 0 Å². The molecule has 3 atom stereocenters. The van der Waals surface area contributed by atoms with Crippen molar-refractivity contribution in [1.82, 2.24) is 9.80 Å². The lowest BCUT2D eigenvalue weighted by Gasteiger charge is -2.43. The molecule has 1 saturated heterocycles. The molecule has 5 N–H and O–H groups in total. The van der Waals surface area contributed by atoms with E-state index < -0.39 is 30.0 Å². The first-order valence-electron chi connectivity index (χ1n) is 8.12. The van der Waals surface area contributed by atoms with E-state index in [1.165, 1.54) is 9.80 Å². The van der Waals surface area contributed by atoms with Gasteiger partial charge in [0.2, 0.25) is 11.8 Å². The van der Waals surface area contributed by atoms with Gasteiger partial charge in [-0.3, -0.25) is 9.59 Å². The van der Waals surface area contributed by atoms with E-state index in [1.54, 1.807) is 19.1 Å². The van der Waals surface area contributed by atoms with Crippen LogP contribution in [0.2, 0.25) is 0 Å². The van der Waals surface area contributed by atoms with Gasteiger partial charge in [0.25, 0.3) is 0 Å². The smallest absolute Gasteiger partial charge is 0.407 e. The Balaban J connectivity index is 2.38. The van der Waals surface area contributed by atoms with Gasteiger partial charge in [0.05, 0.1) is 18.0 Å². The molecule has 1 heterocycles. The number of carbonyl (C=O) groups is 3. The van der Waals surface area contributed by atoms with Crippen LogP contribution in [0.25, 0.3) is 0 Å². The van der Waals surface area contributed by atoms with Crippen molar-refractivity contribution in [2.24, 2.45) is 11.5 Å². The highest BCUT2D eigenvalue weighted by Gasteiger charge is 2.40. The molecule has 3 unspecified atom stereocenters. The summed E-state index contributed by atoms with van der Waals surface area (Å²) in [7, 11) is 0. The fourth-order valence-corrected chi connectivity index (χ4v) is 3.17. The van der Waals surface area contributed by atoms with Crippen LogP contribution in [0.1, 0.15) is 24.0 Å². The minimum atomic E-state index is -1.14. The van der Waals surface area contributed by atoms with E-state index in [-0.39, 0.29) is 25.5 Å². The van der Waals surface area contributed by atoms with Crippen molar-refractivity contribution in [2.45, 2.75) is 31.8 Å². The predicted molar refractivity (Wildman–Crippen MR) is 91.9 cm³/mol. The fraction of sp³-hybridized carbons (Fsp3) is 0.471. The number of carbonyl (C=O) groups excluding carboxylic acids is 2. The third kappa shape index (κ3) is 4.08. The van der Waals surface area contributed by atoms with Gasteiger partial charge in [0, 0.05) is 19.6 Å². The number of benzene rings is 1. The molecule has 8 heteroatoms. The summed E-state index contributed by atoms with van der Waals surface area (Å²) in [5.41, 5.74) is 12.9. The number of aryl methyl sites for hydroxylation is 1. The Bertz CT molecular complexity index is 659. The van der Waals surface area contributed by atoms with Crippen LogP contribution in [0.5, 0.6) is 0 Å². The van der Waals surface area contributed by atoms with Crippen molar-refractivity contribution in [2.75, 3.05) is 19.6 Å². The average molecular weight is 348 g/mol. The maximum absolute atomic E-state index is 12.2. The highest BCUT2D eigenvalue weighted by molar-refractivity contribution is 5.85. The Kier molecular flexibility index (Phi) is 5.63. The Morgan fingerprint density at radius 2 is 1.80 bits per heavy atom. The molecule has 1 fully saturated rings. The fourth-order valence-electron chi connectivity index (χ4n) is 3.17. The highest BCUT2D eigenvalue weighted by Crippen LogP contribution is 2.27.